The molecule has 1 atom stereocenters. The molecule has 60 valence electrons. The Labute approximate surface area is 74.1 Å². The molecule has 0 radical (unpaired) electrons. The molecule has 0 saturated carbocycles. The summed E-state index contributed by atoms with van der Waals surface area (Å²) < 4.78 is 3.46. The summed E-state index contributed by atoms with van der Waals surface area (Å²) >= 11 is 0.645. The summed E-state index contributed by atoms with van der Waals surface area (Å²) in [5, 5.41) is 0. The molecule has 1 saturated heterocycles. The standard InChI is InChI=1S/C8H16IN/c1-2-3-4-5-6-7-10-8-9-10/h2,10H,1,3-8H2. The minimum atomic E-state index is 0.645. The van der Waals surface area contributed by atoms with Crippen LogP contribution >= 0.6 is 0 Å². The molecule has 0 aromatic carbocycles. The summed E-state index contributed by atoms with van der Waals surface area (Å²) in [6, 6.07) is 0. The Balaban J connectivity index is 1.72. The van der Waals surface area contributed by atoms with E-state index in [2.05, 4.69) is 6.58 Å². The van der Waals surface area contributed by atoms with Gasteiger partial charge < -0.3 is 0 Å². The number of halogens is 1. The predicted octanol–water partition coefficient (Wildman–Crippen LogP) is -2.41. The molecule has 0 bridgehead atoms. The Hall–Kier alpha value is 0.430. The number of quaternary nitrogens is 1. The van der Waals surface area contributed by atoms with Gasteiger partial charge in [-0.3, -0.25) is 0 Å². The zero-order chi connectivity index (χ0) is 7.23. The monoisotopic (exact) mass is 253 g/mol. The zero-order valence-electron chi connectivity index (χ0n) is 6.41. The molecule has 0 amide bonds. The minimum absolute atomic E-state index is 0.645. The van der Waals surface area contributed by atoms with Crippen molar-refractivity contribution in [2.45, 2.75) is 25.7 Å². The fourth-order valence-corrected chi connectivity index (χ4v) is 2.38. The van der Waals surface area contributed by atoms with Gasteiger partial charge in [-0.2, -0.15) is 0 Å². The van der Waals surface area contributed by atoms with Crippen LogP contribution in [0.25, 0.3) is 0 Å². The second-order valence-corrected chi connectivity index (χ2v) is 5.72. The first kappa shape index (κ1) is 8.53. The van der Waals surface area contributed by atoms with E-state index >= 15 is 0 Å². The Morgan fingerprint density at radius 1 is 1.40 bits per heavy atom. The van der Waals surface area contributed by atoms with Crippen LogP contribution in [-0.4, -0.2) is 11.1 Å². The van der Waals surface area contributed by atoms with E-state index in [9.17, 15) is 0 Å². The van der Waals surface area contributed by atoms with Gasteiger partial charge in [0.15, 0.2) is 0 Å². The number of hydrogen-bond donors (Lipinski definition) is 1. The second-order valence-electron chi connectivity index (χ2n) is 2.67. The molecule has 1 N–H and O–H groups in total. The van der Waals surface area contributed by atoms with E-state index in [1.165, 1.54) is 32.2 Å². The molecule has 1 nitrogen and oxygen atoms in total. The first-order chi connectivity index (χ1) is 4.93. The molecule has 0 aromatic rings. The predicted molar refractivity (Wildman–Crippen MR) is 39.4 cm³/mol. The van der Waals surface area contributed by atoms with Crippen molar-refractivity contribution in [3.05, 3.63) is 12.7 Å². The molecular formula is C8H16IN. The van der Waals surface area contributed by atoms with Crippen LogP contribution < -0.4 is 24.6 Å². The Morgan fingerprint density at radius 3 is 2.80 bits per heavy atom. The fraction of sp³-hybridized carbons (Fsp3) is 0.750. The molecule has 1 aliphatic rings. The van der Waals surface area contributed by atoms with Gasteiger partial charge in [-0.15, -0.1) is 0 Å². The van der Waals surface area contributed by atoms with Crippen LogP contribution in [0.15, 0.2) is 12.7 Å². The number of hydrogen-bond acceptors (Lipinski definition) is 0. The molecule has 0 aromatic heterocycles. The van der Waals surface area contributed by atoms with E-state index < -0.39 is 0 Å². The van der Waals surface area contributed by atoms with Crippen molar-refractivity contribution < 1.29 is 24.6 Å². The van der Waals surface area contributed by atoms with E-state index in [0.717, 1.165) is 0 Å². The van der Waals surface area contributed by atoms with Crippen molar-refractivity contribution in [1.82, 2.24) is 0 Å². The third kappa shape index (κ3) is 4.28. The van der Waals surface area contributed by atoms with Crippen LogP contribution in [0.2, 0.25) is 0 Å². The van der Waals surface area contributed by atoms with E-state index in [1.807, 2.05) is 9.19 Å². The van der Waals surface area contributed by atoms with Crippen molar-refractivity contribution in [2.75, 3.05) is 11.1 Å². The van der Waals surface area contributed by atoms with Gasteiger partial charge in [-0.05, 0) is 0 Å². The average molecular weight is 253 g/mol. The van der Waals surface area contributed by atoms with Gasteiger partial charge in [-0.25, -0.2) is 0 Å². The van der Waals surface area contributed by atoms with E-state index in [1.54, 1.807) is 4.55 Å². The Bertz CT molecular complexity index is 99.4. The fourth-order valence-electron chi connectivity index (χ4n) is 0.963. The summed E-state index contributed by atoms with van der Waals surface area (Å²) in [5.41, 5.74) is 0. The Morgan fingerprint density at radius 2 is 2.20 bits per heavy atom. The molecule has 1 fully saturated rings. The third-order valence-corrected chi connectivity index (χ3v) is 4.06. The van der Waals surface area contributed by atoms with Crippen LogP contribution in [0.4, 0.5) is 0 Å². The van der Waals surface area contributed by atoms with Gasteiger partial charge in [0.05, 0.1) is 0 Å². The van der Waals surface area contributed by atoms with Crippen LogP contribution in [0.3, 0.4) is 0 Å². The number of unbranched alkanes of at least 4 members (excludes halogenated alkanes) is 3. The van der Waals surface area contributed by atoms with Gasteiger partial charge >= 0.3 is 74.0 Å². The SMILES string of the molecule is C=CCCCCC[NH+]1C[I-]1. The molecule has 2 heteroatoms. The first-order valence-corrected chi connectivity index (χ1v) is 6.58. The van der Waals surface area contributed by atoms with Gasteiger partial charge in [0.2, 0.25) is 0 Å². The summed E-state index contributed by atoms with van der Waals surface area (Å²) in [5.74, 6) is 0. The van der Waals surface area contributed by atoms with E-state index in [-0.39, 0.29) is 0 Å². The summed E-state index contributed by atoms with van der Waals surface area (Å²) in [6.45, 7) is 5.17. The number of nitrogens with one attached hydrogen (secondary N) is 1. The van der Waals surface area contributed by atoms with Crippen molar-refractivity contribution in [2.24, 2.45) is 0 Å². The molecule has 1 heterocycles. The molecule has 0 spiro atoms. The third-order valence-electron chi connectivity index (χ3n) is 1.68. The molecule has 1 unspecified atom stereocenters. The number of allylic oxidation sites excluding steroid dienone is 1. The quantitative estimate of drug-likeness (QED) is 0.102. The summed E-state index contributed by atoms with van der Waals surface area (Å²) in [6.07, 6.45) is 7.46. The summed E-state index contributed by atoms with van der Waals surface area (Å²) in [7, 11) is 0. The Kier molecular flexibility index (Phi) is 4.37. The van der Waals surface area contributed by atoms with E-state index in [4.69, 9.17) is 0 Å². The van der Waals surface area contributed by atoms with Gasteiger partial charge in [0.1, 0.15) is 0 Å². The van der Waals surface area contributed by atoms with Crippen LogP contribution in [-0.2, 0) is 0 Å². The molecule has 0 aliphatic carbocycles. The van der Waals surface area contributed by atoms with Crippen molar-refractivity contribution in [3.63, 3.8) is 0 Å². The van der Waals surface area contributed by atoms with Crippen LogP contribution in [0.1, 0.15) is 25.7 Å². The van der Waals surface area contributed by atoms with Crippen molar-refractivity contribution >= 4 is 0 Å². The van der Waals surface area contributed by atoms with Gasteiger partial charge in [0.25, 0.3) is 0 Å². The maximum absolute atomic E-state index is 3.71. The zero-order valence-corrected chi connectivity index (χ0v) is 8.56. The van der Waals surface area contributed by atoms with Crippen LogP contribution in [0.5, 0.6) is 0 Å². The van der Waals surface area contributed by atoms with Crippen molar-refractivity contribution in [1.29, 1.82) is 0 Å². The van der Waals surface area contributed by atoms with Crippen molar-refractivity contribution in [3.8, 4) is 0 Å². The number of alkyl halides is 1. The molecule has 1 aliphatic heterocycles. The number of rotatable bonds is 6. The molecule has 10 heavy (non-hydrogen) atoms. The topological polar surface area (TPSA) is 4.44 Å². The normalized spacial score (nSPS) is 23.4. The molecular weight excluding hydrogens is 237 g/mol. The average Bonchev–Trinajstić information content (AvgIpc) is 2.71. The van der Waals surface area contributed by atoms with Gasteiger partial charge in [0, 0.05) is 0 Å². The molecule has 1 rings (SSSR count). The second kappa shape index (κ2) is 5.13. The van der Waals surface area contributed by atoms with E-state index in [0.29, 0.717) is 21.5 Å². The summed E-state index contributed by atoms with van der Waals surface area (Å²) in [4.78, 5) is 0. The first-order valence-electron chi connectivity index (χ1n) is 3.98. The van der Waals surface area contributed by atoms with Crippen LogP contribution in [0, 0.1) is 0 Å². The van der Waals surface area contributed by atoms with Gasteiger partial charge in [-0.1, -0.05) is 0 Å². The maximum atomic E-state index is 3.71.